The van der Waals surface area contributed by atoms with Gasteiger partial charge in [0.1, 0.15) is 5.82 Å². The van der Waals surface area contributed by atoms with Crippen molar-refractivity contribution in [3.63, 3.8) is 0 Å². The van der Waals surface area contributed by atoms with Gasteiger partial charge in [0.25, 0.3) is 0 Å². The number of benzene rings is 3. The van der Waals surface area contributed by atoms with Crippen molar-refractivity contribution in [2.24, 2.45) is 0 Å². The van der Waals surface area contributed by atoms with Crippen molar-refractivity contribution in [2.75, 3.05) is 42.1 Å². The molecule has 2 atom stereocenters. The first-order valence-corrected chi connectivity index (χ1v) is 13.0. The normalized spacial score (nSPS) is 18.2. The molecule has 0 saturated heterocycles. The molecule has 0 aromatic heterocycles. The molecule has 3 aromatic carbocycles. The number of hydrogen-bond acceptors (Lipinski definition) is 7. The molecule has 9 heteroatoms. The van der Waals surface area contributed by atoms with Gasteiger partial charge in [0.2, 0.25) is 5.75 Å². The highest BCUT2D eigenvalue weighted by Crippen LogP contribution is 2.51. The van der Waals surface area contributed by atoms with Crippen LogP contribution in [-0.4, -0.2) is 55.5 Å². The van der Waals surface area contributed by atoms with Crippen LogP contribution in [0.5, 0.6) is 28.7 Å². The van der Waals surface area contributed by atoms with Gasteiger partial charge in [-0.25, -0.2) is 4.39 Å². The zero-order valence-corrected chi connectivity index (χ0v) is 23.3. The maximum Gasteiger partial charge on any atom is 0.203 e. The van der Waals surface area contributed by atoms with Gasteiger partial charge in [0.15, 0.2) is 30.3 Å². The first-order chi connectivity index (χ1) is 18.9. The lowest BCUT2D eigenvalue weighted by molar-refractivity contribution is 0.0395. The van der Waals surface area contributed by atoms with E-state index >= 15 is 0 Å². The Kier molecular flexibility index (Phi) is 7.91. The van der Waals surface area contributed by atoms with Crippen molar-refractivity contribution >= 4 is 12.7 Å². The van der Waals surface area contributed by atoms with Crippen molar-refractivity contribution in [3.05, 3.63) is 58.4 Å². The molecule has 2 aliphatic rings. The number of methoxy groups -OCH3 is 5. The molecule has 2 aliphatic heterocycles. The summed E-state index contributed by atoms with van der Waals surface area (Å²) < 4.78 is 49.2. The Balaban J connectivity index is 1.80. The summed E-state index contributed by atoms with van der Waals surface area (Å²) in [7, 11) is 10.3. The van der Waals surface area contributed by atoms with Crippen LogP contribution >= 0.6 is 0 Å². The summed E-state index contributed by atoms with van der Waals surface area (Å²) >= 11 is 0. The third-order valence-electron chi connectivity index (χ3n) is 7.58. The molecular formula is C30H34BFNO6. The first-order valence-electron chi connectivity index (χ1n) is 13.0. The topological polar surface area (TPSA) is 67.4 Å². The fourth-order valence-electron chi connectivity index (χ4n) is 5.80. The van der Waals surface area contributed by atoms with Crippen LogP contribution in [0, 0.1) is 5.82 Å². The Hall–Kier alpha value is -3.43. The Bertz CT molecular complexity index is 1360. The Morgan fingerprint density at radius 3 is 2.18 bits per heavy atom. The van der Waals surface area contributed by atoms with Gasteiger partial charge in [-0.05, 0) is 72.2 Å². The number of nitrogens with one attached hydrogen (secondary N) is 1. The molecule has 1 N–H and O–H groups in total. The van der Waals surface area contributed by atoms with Gasteiger partial charge in [-0.3, -0.25) is 0 Å². The van der Waals surface area contributed by atoms with E-state index in [9.17, 15) is 4.39 Å². The van der Waals surface area contributed by atoms with Crippen LogP contribution in [0.3, 0.4) is 0 Å². The summed E-state index contributed by atoms with van der Waals surface area (Å²) in [4.78, 5) is 0. The zero-order chi connectivity index (χ0) is 27.7. The van der Waals surface area contributed by atoms with Crippen molar-refractivity contribution < 1.29 is 32.8 Å². The van der Waals surface area contributed by atoms with E-state index in [0.29, 0.717) is 54.7 Å². The number of fused-ring (bicyclic) bond motifs is 2. The molecule has 0 amide bonds. The molecule has 7 nitrogen and oxygen atoms in total. The highest BCUT2D eigenvalue weighted by atomic mass is 19.1. The van der Waals surface area contributed by atoms with E-state index in [1.165, 1.54) is 12.1 Å². The fraction of sp³-hybridized carbons (Fsp3) is 0.400. The molecule has 1 radical (unpaired) electrons. The minimum atomic E-state index is -0.268. The SMILES string of the molecule is COc1cc(-c2c3c(c(OC)c(OC)c2OC)[B][C@@H](c2ccc(F)cc2)NCC3)c2c(c1OC)CO[C@@H](C)C2. The van der Waals surface area contributed by atoms with Crippen molar-refractivity contribution in [1.82, 2.24) is 5.32 Å². The van der Waals surface area contributed by atoms with Crippen molar-refractivity contribution in [1.29, 1.82) is 0 Å². The average Bonchev–Trinajstić information content (AvgIpc) is 3.18. The summed E-state index contributed by atoms with van der Waals surface area (Å²) in [5, 5.41) is 3.60. The van der Waals surface area contributed by atoms with E-state index in [2.05, 4.69) is 19.5 Å². The van der Waals surface area contributed by atoms with E-state index in [1.54, 1.807) is 47.7 Å². The maximum absolute atomic E-state index is 13.7. The predicted octanol–water partition coefficient (Wildman–Crippen LogP) is 4.17. The fourth-order valence-corrected chi connectivity index (χ4v) is 5.80. The van der Waals surface area contributed by atoms with Gasteiger partial charge in [-0.2, -0.15) is 0 Å². The van der Waals surface area contributed by atoms with Gasteiger partial charge in [-0.15, -0.1) is 0 Å². The summed E-state index contributed by atoms with van der Waals surface area (Å²) in [5.41, 5.74) is 6.94. The van der Waals surface area contributed by atoms with Crippen LogP contribution in [0.2, 0.25) is 0 Å². The Labute approximate surface area is 229 Å². The maximum atomic E-state index is 13.7. The number of ether oxygens (including phenoxy) is 6. The van der Waals surface area contributed by atoms with Crippen LogP contribution in [0.25, 0.3) is 11.1 Å². The summed E-state index contributed by atoms with van der Waals surface area (Å²) in [6.45, 7) is 3.18. The van der Waals surface area contributed by atoms with Crippen molar-refractivity contribution in [2.45, 2.75) is 38.4 Å². The molecule has 0 unspecified atom stereocenters. The second kappa shape index (κ2) is 11.4. The van der Waals surface area contributed by atoms with Gasteiger partial charge < -0.3 is 33.7 Å². The van der Waals surface area contributed by atoms with Crippen molar-refractivity contribution in [3.8, 4) is 39.9 Å². The van der Waals surface area contributed by atoms with Gasteiger partial charge >= 0.3 is 0 Å². The van der Waals surface area contributed by atoms with Gasteiger partial charge in [0, 0.05) is 17.1 Å². The average molecular weight is 534 g/mol. The molecule has 39 heavy (non-hydrogen) atoms. The minimum Gasteiger partial charge on any atom is -0.493 e. The van der Waals surface area contributed by atoms with E-state index in [-0.39, 0.29) is 17.9 Å². The van der Waals surface area contributed by atoms with Crippen LogP contribution in [0.15, 0.2) is 30.3 Å². The van der Waals surface area contributed by atoms with Crippen LogP contribution in [-0.2, 0) is 24.2 Å². The van der Waals surface area contributed by atoms with Gasteiger partial charge in [0.05, 0.1) is 48.3 Å². The quantitative estimate of drug-likeness (QED) is 0.457. The van der Waals surface area contributed by atoms with Crippen LogP contribution in [0.4, 0.5) is 4.39 Å². The largest absolute Gasteiger partial charge is 0.493 e. The molecule has 5 rings (SSSR count). The molecular weight excluding hydrogens is 500 g/mol. The molecule has 0 bridgehead atoms. The first kappa shape index (κ1) is 27.2. The number of rotatable bonds is 7. The highest BCUT2D eigenvalue weighted by molar-refractivity contribution is 6.57. The summed E-state index contributed by atoms with van der Waals surface area (Å²) in [5.74, 6) is 2.57. The second-order valence-corrected chi connectivity index (χ2v) is 9.71. The molecule has 0 spiro atoms. The minimum absolute atomic E-state index is 0.0372. The lowest BCUT2D eigenvalue weighted by Crippen LogP contribution is -2.32. The van der Waals surface area contributed by atoms with E-state index in [0.717, 1.165) is 38.8 Å². The zero-order valence-electron chi connectivity index (χ0n) is 23.3. The highest BCUT2D eigenvalue weighted by Gasteiger charge is 2.34. The Morgan fingerprint density at radius 1 is 0.846 bits per heavy atom. The number of halogens is 1. The molecule has 0 saturated carbocycles. The lowest BCUT2D eigenvalue weighted by atomic mass is 9.59. The monoisotopic (exact) mass is 534 g/mol. The molecule has 205 valence electrons. The molecule has 2 heterocycles. The van der Waals surface area contributed by atoms with E-state index in [4.69, 9.17) is 28.4 Å². The third-order valence-corrected chi connectivity index (χ3v) is 7.58. The molecule has 3 aromatic rings. The van der Waals surface area contributed by atoms with Crippen LogP contribution in [0.1, 0.15) is 35.1 Å². The van der Waals surface area contributed by atoms with Crippen LogP contribution < -0.4 is 34.5 Å². The van der Waals surface area contributed by atoms with E-state index < -0.39 is 0 Å². The smallest absolute Gasteiger partial charge is 0.203 e. The van der Waals surface area contributed by atoms with E-state index in [1.807, 2.05) is 6.07 Å². The lowest BCUT2D eigenvalue weighted by Gasteiger charge is -2.30. The summed E-state index contributed by atoms with van der Waals surface area (Å²) in [6.07, 6.45) is 1.44. The molecule has 0 fully saturated rings. The Morgan fingerprint density at radius 2 is 1.54 bits per heavy atom. The standard InChI is InChI=1S/C30H34BFNO6/c1-16-13-20-21(14-23(34-2)26(35-3)22(20)15-39-16)24-19-11-12-33-30(17-7-9-18(32)10-8-17)31-25(19)28(37-5)29(38-6)27(24)36-4/h7-10,14,16,30,33H,11-13,15H2,1-6H3/t16-,30+/m0/s1. The third kappa shape index (κ3) is 4.78. The molecule has 0 aliphatic carbocycles. The predicted molar refractivity (Wildman–Crippen MR) is 149 cm³/mol. The summed E-state index contributed by atoms with van der Waals surface area (Å²) in [6, 6.07) is 8.58. The second-order valence-electron chi connectivity index (χ2n) is 9.71. The number of hydrogen-bond donors (Lipinski definition) is 1. The van der Waals surface area contributed by atoms with Gasteiger partial charge in [-0.1, -0.05) is 12.1 Å².